The lowest BCUT2D eigenvalue weighted by Crippen LogP contribution is -2.42. The summed E-state index contributed by atoms with van der Waals surface area (Å²) in [5.74, 6) is 0.249. The fourth-order valence-electron chi connectivity index (χ4n) is 1.78. The van der Waals surface area contributed by atoms with E-state index in [1.807, 2.05) is 19.9 Å². The van der Waals surface area contributed by atoms with E-state index in [1.54, 1.807) is 19.1 Å². The molecule has 0 aliphatic rings. The number of nitriles is 1. The Morgan fingerprint density at radius 3 is 2.60 bits per heavy atom. The Labute approximate surface area is 119 Å². The van der Waals surface area contributed by atoms with Crippen LogP contribution < -0.4 is 15.8 Å². The lowest BCUT2D eigenvalue weighted by Gasteiger charge is -2.20. The van der Waals surface area contributed by atoms with Crippen molar-refractivity contribution in [1.29, 1.82) is 5.26 Å². The molecule has 0 fully saturated rings. The molecule has 1 unspecified atom stereocenters. The number of anilines is 1. The van der Waals surface area contributed by atoms with E-state index in [1.165, 1.54) is 6.07 Å². The van der Waals surface area contributed by atoms with Crippen molar-refractivity contribution in [2.75, 3.05) is 5.73 Å². The maximum Gasteiger partial charge on any atom is 0.260 e. The summed E-state index contributed by atoms with van der Waals surface area (Å²) in [7, 11) is 0. The highest BCUT2D eigenvalue weighted by atomic mass is 16.5. The lowest BCUT2D eigenvalue weighted by molar-refractivity contribution is -0.128. The molecule has 0 radical (unpaired) electrons. The molecule has 0 aliphatic heterocycles. The van der Waals surface area contributed by atoms with Gasteiger partial charge in [-0.3, -0.25) is 4.79 Å². The predicted octanol–water partition coefficient (Wildman–Crippen LogP) is 2.21. The largest absolute Gasteiger partial charge is 0.479 e. The molecule has 1 aromatic rings. The van der Waals surface area contributed by atoms with Crippen molar-refractivity contribution in [2.45, 2.75) is 45.8 Å². The van der Waals surface area contributed by atoms with E-state index in [2.05, 4.69) is 5.32 Å². The van der Waals surface area contributed by atoms with Crippen LogP contribution in [0.2, 0.25) is 0 Å². The van der Waals surface area contributed by atoms with Crippen LogP contribution >= 0.6 is 0 Å². The first kappa shape index (κ1) is 15.8. The van der Waals surface area contributed by atoms with Crippen LogP contribution in [0.1, 0.15) is 39.2 Å². The smallest absolute Gasteiger partial charge is 0.260 e. The molecule has 5 heteroatoms. The SMILES string of the molecule is CCC(CC)NC(=O)C(C)Oc1ccc(C#N)cc1N. The highest BCUT2D eigenvalue weighted by molar-refractivity contribution is 5.81. The van der Waals surface area contributed by atoms with Gasteiger partial charge in [0.25, 0.3) is 5.91 Å². The number of nitrogen functional groups attached to an aromatic ring is 1. The summed E-state index contributed by atoms with van der Waals surface area (Å²) in [4.78, 5) is 12.0. The number of nitrogens with two attached hydrogens (primary N) is 1. The zero-order valence-electron chi connectivity index (χ0n) is 12.1. The Bertz CT molecular complexity index is 504. The van der Waals surface area contributed by atoms with Gasteiger partial charge in [0.2, 0.25) is 0 Å². The van der Waals surface area contributed by atoms with Gasteiger partial charge in [-0.05, 0) is 38.0 Å². The molecule has 0 heterocycles. The number of nitrogens with one attached hydrogen (secondary N) is 1. The van der Waals surface area contributed by atoms with Crippen molar-refractivity contribution in [1.82, 2.24) is 5.32 Å². The molecular weight excluding hydrogens is 254 g/mol. The predicted molar refractivity (Wildman–Crippen MR) is 78.2 cm³/mol. The fraction of sp³-hybridized carbons (Fsp3) is 0.467. The molecule has 108 valence electrons. The second kappa shape index (κ2) is 7.39. The first-order valence-corrected chi connectivity index (χ1v) is 6.78. The highest BCUT2D eigenvalue weighted by Crippen LogP contribution is 2.23. The van der Waals surface area contributed by atoms with Gasteiger partial charge in [0.15, 0.2) is 6.10 Å². The van der Waals surface area contributed by atoms with Crippen molar-refractivity contribution in [2.24, 2.45) is 0 Å². The average Bonchev–Trinajstić information content (AvgIpc) is 2.46. The molecule has 5 nitrogen and oxygen atoms in total. The number of ether oxygens (including phenoxy) is 1. The summed E-state index contributed by atoms with van der Waals surface area (Å²) in [6.45, 7) is 5.73. The summed E-state index contributed by atoms with van der Waals surface area (Å²) < 4.78 is 5.55. The van der Waals surface area contributed by atoms with Crippen LogP contribution in [0.5, 0.6) is 5.75 Å². The minimum Gasteiger partial charge on any atom is -0.479 e. The van der Waals surface area contributed by atoms with E-state index < -0.39 is 6.10 Å². The van der Waals surface area contributed by atoms with Crippen LogP contribution in [0.3, 0.4) is 0 Å². The number of benzene rings is 1. The number of rotatable bonds is 6. The van der Waals surface area contributed by atoms with Gasteiger partial charge in [-0.1, -0.05) is 13.8 Å². The third-order valence-electron chi connectivity index (χ3n) is 3.14. The van der Waals surface area contributed by atoms with Crippen LogP contribution in [-0.4, -0.2) is 18.1 Å². The number of hydrogen-bond donors (Lipinski definition) is 2. The molecule has 1 aromatic carbocycles. The van der Waals surface area contributed by atoms with Crippen molar-refractivity contribution >= 4 is 11.6 Å². The Morgan fingerprint density at radius 2 is 2.10 bits per heavy atom. The van der Waals surface area contributed by atoms with Crippen LogP contribution in [-0.2, 0) is 4.79 Å². The number of carbonyl (C=O) groups excluding carboxylic acids is 1. The van der Waals surface area contributed by atoms with Crippen LogP contribution in [0.15, 0.2) is 18.2 Å². The maximum atomic E-state index is 12.0. The monoisotopic (exact) mass is 275 g/mol. The molecule has 1 rings (SSSR count). The molecule has 0 bridgehead atoms. The van der Waals surface area contributed by atoms with Crippen LogP contribution in [0.4, 0.5) is 5.69 Å². The third-order valence-corrected chi connectivity index (χ3v) is 3.14. The number of carbonyl (C=O) groups is 1. The second-order valence-electron chi connectivity index (χ2n) is 4.65. The molecule has 1 amide bonds. The summed E-state index contributed by atoms with van der Waals surface area (Å²) in [6, 6.07) is 6.90. The van der Waals surface area contributed by atoms with Gasteiger partial charge in [0, 0.05) is 6.04 Å². The Kier molecular flexibility index (Phi) is 5.85. The number of nitrogens with zero attached hydrogens (tertiary/aromatic N) is 1. The van der Waals surface area contributed by atoms with E-state index in [9.17, 15) is 4.79 Å². The normalized spacial score (nSPS) is 11.8. The van der Waals surface area contributed by atoms with Gasteiger partial charge in [-0.25, -0.2) is 0 Å². The van der Waals surface area contributed by atoms with Gasteiger partial charge in [0.05, 0.1) is 17.3 Å². The lowest BCUT2D eigenvalue weighted by atomic mass is 10.1. The minimum atomic E-state index is -0.633. The summed E-state index contributed by atoms with van der Waals surface area (Å²) in [5.41, 5.74) is 6.61. The van der Waals surface area contributed by atoms with E-state index in [0.717, 1.165) is 12.8 Å². The molecule has 3 N–H and O–H groups in total. The molecule has 0 spiro atoms. The van der Waals surface area contributed by atoms with E-state index in [4.69, 9.17) is 15.7 Å². The zero-order valence-corrected chi connectivity index (χ0v) is 12.1. The first-order chi connectivity index (χ1) is 9.51. The topological polar surface area (TPSA) is 88.1 Å². The first-order valence-electron chi connectivity index (χ1n) is 6.78. The van der Waals surface area contributed by atoms with Gasteiger partial charge < -0.3 is 15.8 Å². The number of amides is 1. The molecular formula is C15H21N3O2. The Balaban J connectivity index is 2.68. The molecule has 1 atom stereocenters. The molecule has 0 saturated carbocycles. The van der Waals surface area contributed by atoms with Gasteiger partial charge in [0.1, 0.15) is 5.75 Å². The molecule has 0 aromatic heterocycles. The van der Waals surface area contributed by atoms with Crippen LogP contribution in [0, 0.1) is 11.3 Å². The van der Waals surface area contributed by atoms with Gasteiger partial charge in [-0.15, -0.1) is 0 Å². The van der Waals surface area contributed by atoms with Crippen molar-refractivity contribution in [3.8, 4) is 11.8 Å². The minimum absolute atomic E-state index is 0.159. The highest BCUT2D eigenvalue weighted by Gasteiger charge is 2.18. The quantitative estimate of drug-likeness (QED) is 0.779. The Hall–Kier alpha value is -2.22. The van der Waals surface area contributed by atoms with Gasteiger partial charge in [-0.2, -0.15) is 5.26 Å². The van der Waals surface area contributed by atoms with Crippen molar-refractivity contribution in [3.63, 3.8) is 0 Å². The molecule has 0 aliphatic carbocycles. The third kappa shape index (κ3) is 4.16. The van der Waals surface area contributed by atoms with E-state index in [-0.39, 0.29) is 11.9 Å². The average molecular weight is 275 g/mol. The standard InChI is InChI=1S/C15H21N3O2/c1-4-12(5-2)18-15(19)10(3)20-14-7-6-11(9-16)8-13(14)17/h6-8,10,12H,4-5,17H2,1-3H3,(H,18,19). The Morgan fingerprint density at radius 1 is 1.45 bits per heavy atom. The summed E-state index contributed by atoms with van der Waals surface area (Å²) in [6.07, 6.45) is 1.13. The van der Waals surface area contributed by atoms with Crippen LogP contribution in [0.25, 0.3) is 0 Å². The molecule has 20 heavy (non-hydrogen) atoms. The maximum absolute atomic E-state index is 12.0. The van der Waals surface area contributed by atoms with E-state index in [0.29, 0.717) is 17.0 Å². The van der Waals surface area contributed by atoms with E-state index >= 15 is 0 Å². The summed E-state index contributed by atoms with van der Waals surface area (Å²) >= 11 is 0. The molecule has 0 saturated heterocycles. The summed E-state index contributed by atoms with van der Waals surface area (Å²) in [5, 5.41) is 11.7. The fourth-order valence-corrected chi connectivity index (χ4v) is 1.78. The zero-order chi connectivity index (χ0) is 15.1. The van der Waals surface area contributed by atoms with Crippen molar-refractivity contribution in [3.05, 3.63) is 23.8 Å². The van der Waals surface area contributed by atoms with Gasteiger partial charge >= 0.3 is 0 Å². The number of hydrogen-bond acceptors (Lipinski definition) is 4. The second-order valence-corrected chi connectivity index (χ2v) is 4.65. The van der Waals surface area contributed by atoms with Crippen molar-refractivity contribution < 1.29 is 9.53 Å².